The Kier molecular flexibility index (Phi) is 3.77. The molecule has 0 aliphatic heterocycles. The van der Waals surface area contributed by atoms with Crippen molar-refractivity contribution < 1.29 is 4.79 Å². The van der Waals surface area contributed by atoms with Crippen LogP contribution in [0.2, 0.25) is 0 Å². The molecule has 1 heterocycles. The number of aromatic amines is 1. The Hall–Kier alpha value is -1.04. The molecule has 104 valence electrons. The second kappa shape index (κ2) is 5.53. The van der Waals surface area contributed by atoms with Crippen molar-refractivity contribution in [3.05, 3.63) is 11.6 Å². The van der Waals surface area contributed by atoms with Crippen LogP contribution in [-0.4, -0.2) is 38.6 Å². The number of H-pyrrole nitrogens is 1. The lowest BCUT2D eigenvalue weighted by Gasteiger charge is -2.30. The molecule has 0 bridgehead atoms. The molecule has 2 N–H and O–H groups in total. The maximum Gasteiger partial charge on any atom is 0.291 e. The second-order valence-electron chi connectivity index (χ2n) is 5.46. The summed E-state index contributed by atoms with van der Waals surface area (Å²) in [7, 11) is 0. The number of nitrogens with zero attached hydrogens (tertiary/aromatic N) is 2. The van der Waals surface area contributed by atoms with Gasteiger partial charge in [-0.05, 0) is 31.9 Å². The minimum atomic E-state index is -0.130. The van der Waals surface area contributed by atoms with E-state index >= 15 is 0 Å². The molecule has 6 heteroatoms. The molecule has 1 amide bonds. The van der Waals surface area contributed by atoms with E-state index in [0.29, 0.717) is 17.0 Å². The van der Waals surface area contributed by atoms with Crippen LogP contribution in [0.3, 0.4) is 0 Å². The molecule has 2 atom stereocenters. The standard InChI is InChI=1S/C13H20N4OS/c1-19-10-5-3-2-4-9(10)14-13(18)12-15-11(16-17-12)8-6-7-8/h8-10H,2-7H2,1H3,(H,14,18)(H,15,16,17). The van der Waals surface area contributed by atoms with Crippen LogP contribution >= 0.6 is 11.8 Å². The van der Waals surface area contributed by atoms with Crippen molar-refractivity contribution in [3.8, 4) is 0 Å². The summed E-state index contributed by atoms with van der Waals surface area (Å²) in [6, 6.07) is 0.263. The van der Waals surface area contributed by atoms with E-state index in [1.807, 2.05) is 11.8 Å². The van der Waals surface area contributed by atoms with Gasteiger partial charge in [-0.25, -0.2) is 4.98 Å². The van der Waals surface area contributed by atoms with Gasteiger partial charge in [0, 0.05) is 17.2 Å². The number of aromatic nitrogens is 3. The third kappa shape index (κ3) is 2.94. The Morgan fingerprint density at radius 1 is 1.32 bits per heavy atom. The molecule has 0 radical (unpaired) electrons. The molecule has 2 saturated carbocycles. The number of amides is 1. The predicted octanol–water partition coefficient (Wildman–Crippen LogP) is 2.09. The van der Waals surface area contributed by atoms with Crippen LogP contribution in [0.5, 0.6) is 0 Å². The summed E-state index contributed by atoms with van der Waals surface area (Å²) >= 11 is 1.85. The van der Waals surface area contributed by atoms with Crippen LogP contribution in [-0.2, 0) is 0 Å². The van der Waals surface area contributed by atoms with E-state index in [1.165, 1.54) is 19.3 Å². The SMILES string of the molecule is CSC1CCCCC1NC(=O)c1n[nH]c(C2CC2)n1. The zero-order valence-electron chi connectivity index (χ0n) is 11.2. The van der Waals surface area contributed by atoms with Crippen molar-refractivity contribution in [2.45, 2.75) is 55.7 Å². The minimum Gasteiger partial charge on any atom is -0.345 e. The van der Waals surface area contributed by atoms with Gasteiger partial charge in [-0.2, -0.15) is 11.8 Å². The first-order chi connectivity index (χ1) is 9.28. The second-order valence-corrected chi connectivity index (χ2v) is 6.53. The van der Waals surface area contributed by atoms with E-state index in [2.05, 4.69) is 26.8 Å². The largest absolute Gasteiger partial charge is 0.345 e. The maximum atomic E-state index is 12.2. The van der Waals surface area contributed by atoms with E-state index in [0.717, 1.165) is 25.1 Å². The van der Waals surface area contributed by atoms with E-state index in [-0.39, 0.29) is 11.9 Å². The summed E-state index contributed by atoms with van der Waals surface area (Å²) in [6.45, 7) is 0. The minimum absolute atomic E-state index is 0.130. The van der Waals surface area contributed by atoms with E-state index in [1.54, 1.807) is 0 Å². The third-order valence-corrected chi connectivity index (χ3v) is 5.16. The van der Waals surface area contributed by atoms with Gasteiger partial charge in [0.2, 0.25) is 5.82 Å². The predicted molar refractivity (Wildman–Crippen MR) is 75.4 cm³/mol. The summed E-state index contributed by atoms with van der Waals surface area (Å²) in [5.41, 5.74) is 0. The van der Waals surface area contributed by atoms with Crippen LogP contribution in [0.15, 0.2) is 0 Å². The number of thioether (sulfide) groups is 1. The monoisotopic (exact) mass is 280 g/mol. The fourth-order valence-electron chi connectivity index (χ4n) is 2.69. The quantitative estimate of drug-likeness (QED) is 0.886. The molecule has 2 aliphatic carbocycles. The Morgan fingerprint density at radius 3 is 2.84 bits per heavy atom. The first kappa shape index (κ1) is 13.0. The number of carbonyl (C=O) groups excluding carboxylic acids is 1. The number of nitrogens with one attached hydrogen (secondary N) is 2. The molecule has 1 aromatic rings. The number of hydrogen-bond donors (Lipinski definition) is 2. The van der Waals surface area contributed by atoms with Crippen LogP contribution < -0.4 is 5.32 Å². The fraction of sp³-hybridized carbons (Fsp3) is 0.769. The Balaban J connectivity index is 1.62. The lowest BCUT2D eigenvalue weighted by molar-refractivity contribution is 0.0919. The fourth-order valence-corrected chi connectivity index (χ4v) is 3.63. The van der Waals surface area contributed by atoms with Gasteiger partial charge in [0.25, 0.3) is 5.91 Å². The van der Waals surface area contributed by atoms with Crippen molar-refractivity contribution in [2.75, 3.05) is 6.26 Å². The van der Waals surface area contributed by atoms with Gasteiger partial charge >= 0.3 is 0 Å². The lowest BCUT2D eigenvalue weighted by atomic mass is 9.95. The first-order valence-corrected chi connectivity index (χ1v) is 8.32. The molecule has 0 saturated heterocycles. The highest BCUT2D eigenvalue weighted by Gasteiger charge is 2.30. The van der Waals surface area contributed by atoms with Crippen LogP contribution in [0, 0.1) is 0 Å². The smallest absolute Gasteiger partial charge is 0.291 e. The van der Waals surface area contributed by atoms with E-state index < -0.39 is 0 Å². The Labute approximate surface area is 117 Å². The highest BCUT2D eigenvalue weighted by molar-refractivity contribution is 7.99. The van der Waals surface area contributed by atoms with Gasteiger partial charge < -0.3 is 5.32 Å². The zero-order chi connectivity index (χ0) is 13.2. The van der Waals surface area contributed by atoms with Crippen molar-refractivity contribution in [2.24, 2.45) is 0 Å². The third-order valence-electron chi connectivity index (χ3n) is 3.99. The average Bonchev–Trinajstić information content (AvgIpc) is 3.17. The van der Waals surface area contributed by atoms with Gasteiger partial charge in [0.1, 0.15) is 5.82 Å². The van der Waals surface area contributed by atoms with Crippen LogP contribution in [0.1, 0.15) is 60.9 Å². The molecule has 5 nitrogen and oxygen atoms in total. The van der Waals surface area contributed by atoms with E-state index in [4.69, 9.17) is 0 Å². The van der Waals surface area contributed by atoms with Crippen molar-refractivity contribution in [3.63, 3.8) is 0 Å². The van der Waals surface area contributed by atoms with Crippen LogP contribution in [0.25, 0.3) is 0 Å². The molecule has 2 aliphatic rings. The Morgan fingerprint density at radius 2 is 2.11 bits per heavy atom. The topological polar surface area (TPSA) is 70.7 Å². The summed E-state index contributed by atoms with van der Waals surface area (Å²) in [4.78, 5) is 16.5. The molecular formula is C13H20N4OS. The van der Waals surface area contributed by atoms with Gasteiger partial charge in [-0.3, -0.25) is 9.89 Å². The molecule has 2 fully saturated rings. The lowest BCUT2D eigenvalue weighted by Crippen LogP contribution is -2.44. The summed E-state index contributed by atoms with van der Waals surface area (Å²) in [5, 5.41) is 10.6. The maximum absolute atomic E-state index is 12.2. The van der Waals surface area contributed by atoms with Gasteiger partial charge in [-0.15, -0.1) is 5.10 Å². The van der Waals surface area contributed by atoms with Crippen molar-refractivity contribution in [1.29, 1.82) is 0 Å². The molecule has 3 rings (SSSR count). The van der Waals surface area contributed by atoms with E-state index in [9.17, 15) is 4.79 Å². The molecule has 0 spiro atoms. The van der Waals surface area contributed by atoms with Gasteiger partial charge in [0.05, 0.1) is 0 Å². The van der Waals surface area contributed by atoms with Crippen molar-refractivity contribution in [1.82, 2.24) is 20.5 Å². The van der Waals surface area contributed by atoms with Crippen molar-refractivity contribution >= 4 is 17.7 Å². The highest BCUT2D eigenvalue weighted by atomic mass is 32.2. The summed E-state index contributed by atoms with van der Waals surface area (Å²) < 4.78 is 0. The first-order valence-electron chi connectivity index (χ1n) is 7.04. The van der Waals surface area contributed by atoms with Gasteiger partial charge in [-0.1, -0.05) is 12.8 Å². The highest BCUT2D eigenvalue weighted by Crippen LogP contribution is 2.37. The molecule has 0 aromatic carbocycles. The normalized spacial score (nSPS) is 27.2. The molecule has 1 aromatic heterocycles. The zero-order valence-corrected chi connectivity index (χ0v) is 12.0. The number of carbonyl (C=O) groups is 1. The summed E-state index contributed by atoms with van der Waals surface area (Å²) in [5.74, 6) is 1.54. The Bertz CT molecular complexity index is 457. The number of rotatable bonds is 4. The van der Waals surface area contributed by atoms with Crippen LogP contribution in [0.4, 0.5) is 0 Å². The average molecular weight is 280 g/mol. The molecule has 19 heavy (non-hydrogen) atoms. The summed E-state index contributed by atoms with van der Waals surface area (Å²) in [6.07, 6.45) is 9.16. The molecular weight excluding hydrogens is 260 g/mol. The van der Waals surface area contributed by atoms with Gasteiger partial charge in [0.15, 0.2) is 0 Å². The molecule has 2 unspecified atom stereocenters. The number of hydrogen-bond acceptors (Lipinski definition) is 4.